The van der Waals surface area contributed by atoms with E-state index in [0.29, 0.717) is 33.3 Å². The van der Waals surface area contributed by atoms with Crippen molar-refractivity contribution in [2.45, 2.75) is 65.0 Å². The van der Waals surface area contributed by atoms with Crippen LogP contribution in [0.3, 0.4) is 0 Å². The number of amides is 1. The number of anilines is 1. The summed E-state index contributed by atoms with van der Waals surface area (Å²) in [6.07, 6.45) is 6.98. The molecule has 1 aromatic heterocycles. The van der Waals surface area contributed by atoms with Gasteiger partial charge in [0, 0.05) is 25.2 Å². The molecule has 0 aromatic carbocycles. The number of piperidine rings is 1. The molecule has 1 amide bonds. The van der Waals surface area contributed by atoms with Crippen LogP contribution in [0, 0.1) is 18.3 Å². The van der Waals surface area contributed by atoms with Crippen molar-refractivity contribution in [1.82, 2.24) is 9.47 Å². The van der Waals surface area contributed by atoms with Crippen LogP contribution in [-0.2, 0) is 21.2 Å². The summed E-state index contributed by atoms with van der Waals surface area (Å²) in [5, 5.41) is 9.81. The van der Waals surface area contributed by atoms with Gasteiger partial charge in [-0.2, -0.15) is 5.26 Å². The van der Waals surface area contributed by atoms with E-state index in [0.717, 1.165) is 62.8 Å². The summed E-state index contributed by atoms with van der Waals surface area (Å²) in [7, 11) is -3.18. The van der Waals surface area contributed by atoms with Gasteiger partial charge in [0.05, 0.1) is 22.5 Å². The number of thioether (sulfide) groups is 1. The Morgan fingerprint density at radius 1 is 1.23 bits per heavy atom. The molecule has 0 radical (unpaired) electrons. The van der Waals surface area contributed by atoms with Crippen LogP contribution in [0.2, 0.25) is 0 Å². The summed E-state index contributed by atoms with van der Waals surface area (Å²) in [6, 6.07) is 1.63. The number of hydrogen-bond acceptors (Lipinski definition) is 8. The molecular formula is C24H30N4O4S3. The second-order valence-corrected chi connectivity index (χ2v) is 13.2. The number of thiocarbonyl (C=S) groups is 1. The average Bonchev–Trinajstić information content (AvgIpc) is 3.32. The number of nitriles is 1. The Morgan fingerprint density at radius 3 is 2.54 bits per heavy atom. The first-order valence-corrected chi connectivity index (χ1v) is 15.1. The van der Waals surface area contributed by atoms with Gasteiger partial charge in [0.15, 0.2) is 9.84 Å². The Bertz CT molecular complexity index is 1290. The molecule has 3 saturated heterocycles. The molecule has 0 spiro atoms. The Balaban J connectivity index is 1.84. The molecule has 188 valence electrons. The number of pyridine rings is 1. The third-order valence-corrected chi connectivity index (χ3v) is 9.99. The van der Waals surface area contributed by atoms with E-state index in [1.54, 1.807) is 17.6 Å². The highest BCUT2D eigenvalue weighted by Crippen LogP contribution is 2.38. The summed E-state index contributed by atoms with van der Waals surface area (Å²) in [5.74, 6) is 0.426. The number of hydrogen-bond donors (Lipinski definition) is 0. The maximum Gasteiger partial charge on any atom is 0.270 e. The third-order valence-electron chi connectivity index (χ3n) is 6.91. The number of carbonyl (C=O) groups is 1. The second kappa shape index (κ2) is 10.4. The molecule has 3 fully saturated rings. The monoisotopic (exact) mass is 534 g/mol. The van der Waals surface area contributed by atoms with Crippen molar-refractivity contribution in [2.24, 2.45) is 0 Å². The average molecular weight is 535 g/mol. The minimum Gasteiger partial charge on any atom is -0.357 e. The fourth-order valence-electron chi connectivity index (χ4n) is 5.02. The van der Waals surface area contributed by atoms with Crippen molar-refractivity contribution < 1.29 is 13.2 Å². The van der Waals surface area contributed by atoms with Crippen molar-refractivity contribution in [3.8, 4) is 6.07 Å². The maximum atomic E-state index is 13.4. The molecule has 4 rings (SSSR count). The van der Waals surface area contributed by atoms with Gasteiger partial charge in [-0.05, 0) is 50.7 Å². The normalized spacial score (nSPS) is 23.3. The van der Waals surface area contributed by atoms with Gasteiger partial charge in [0.2, 0.25) is 0 Å². The molecule has 4 heterocycles. The summed E-state index contributed by atoms with van der Waals surface area (Å²) >= 11 is 6.63. The number of unbranched alkanes of at least 4 members (excludes halogenated alkanes) is 1. The van der Waals surface area contributed by atoms with Crippen molar-refractivity contribution in [3.63, 3.8) is 0 Å². The molecule has 35 heavy (non-hydrogen) atoms. The van der Waals surface area contributed by atoms with Crippen LogP contribution < -0.4 is 10.5 Å². The summed E-state index contributed by atoms with van der Waals surface area (Å²) in [4.78, 5) is 30.7. The Hall–Kier alpha value is -2.16. The van der Waals surface area contributed by atoms with E-state index >= 15 is 0 Å². The highest BCUT2D eigenvalue weighted by atomic mass is 32.2. The molecule has 0 N–H and O–H groups in total. The lowest BCUT2D eigenvalue weighted by Gasteiger charge is -2.33. The number of nitrogens with zero attached hydrogens (tertiary/aromatic N) is 4. The largest absolute Gasteiger partial charge is 0.357 e. The van der Waals surface area contributed by atoms with Gasteiger partial charge in [0.25, 0.3) is 11.5 Å². The molecule has 1 atom stereocenters. The van der Waals surface area contributed by atoms with Gasteiger partial charge < -0.3 is 4.90 Å². The van der Waals surface area contributed by atoms with Crippen LogP contribution in [0.5, 0.6) is 0 Å². The highest BCUT2D eigenvalue weighted by Gasteiger charge is 2.42. The first-order chi connectivity index (χ1) is 16.7. The lowest BCUT2D eigenvalue weighted by molar-refractivity contribution is -0.123. The van der Waals surface area contributed by atoms with Gasteiger partial charge in [-0.1, -0.05) is 37.3 Å². The molecule has 0 saturated carbocycles. The first kappa shape index (κ1) is 25.9. The summed E-state index contributed by atoms with van der Waals surface area (Å²) in [5.41, 5.74) is 1.04. The van der Waals surface area contributed by atoms with Crippen LogP contribution in [0.15, 0.2) is 9.70 Å². The van der Waals surface area contributed by atoms with Crippen molar-refractivity contribution in [1.29, 1.82) is 5.26 Å². The van der Waals surface area contributed by atoms with Crippen LogP contribution in [0.4, 0.5) is 5.82 Å². The van der Waals surface area contributed by atoms with E-state index in [9.17, 15) is 23.3 Å². The maximum absolute atomic E-state index is 13.4. The van der Waals surface area contributed by atoms with Crippen LogP contribution in [0.1, 0.15) is 62.1 Å². The zero-order valence-corrected chi connectivity index (χ0v) is 22.5. The van der Waals surface area contributed by atoms with Gasteiger partial charge in [-0.25, -0.2) is 8.42 Å². The quantitative estimate of drug-likeness (QED) is 0.405. The van der Waals surface area contributed by atoms with Crippen LogP contribution in [-0.4, -0.2) is 58.7 Å². The Labute approximate surface area is 215 Å². The molecule has 0 aliphatic carbocycles. The lowest BCUT2D eigenvalue weighted by Crippen LogP contribution is -2.39. The van der Waals surface area contributed by atoms with Gasteiger partial charge in [-0.15, -0.1) is 0 Å². The predicted molar refractivity (Wildman–Crippen MR) is 143 cm³/mol. The molecule has 0 bridgehead atoms. The molecule has 1 unspecified atom stereocenters. The fraction of sp³-hybridized carbons (Fsp3) is 0.583. The van der Waals surface area contributed by atoms with E-state index in [1.165, 1.54) is 4.90 Å². The Kier molecular flexibility index (Phi) is 7.74. The number of rotatable bonds is 6. The van der Waals surface area contributed by atoms with Gasteiger partial charge >= 0.3 is 0 Å². The zero-order valence-electron chi connectivity index (χ0n) is 20.1. The van der Waals surface area contributed by atoms with Gasteiger partial charge in [-0.3, -0.25) is 19.1 Å². The van der Waals surface area contributed by atoms with Crippen LogP contribution >= 0.6 is 24.0 Å². The van der Waals surface area contributed by atoms with E-state index in [-0.39, 0.29) is 28.5 Å². The highest BCUT2D eigenvalue weighted by molar-refractivity contribution is 8.26. The molecule has 3 aliphatic rings. The van der Waals surface area contributed by atoms with E-state index in [1.807, 2.05) is 0 Å². The third kappa shape index (κ3) is 5.06. The molecule has 11 heteroatoms. The minimum atomic E-state index is -3.18. The fourth-order valence-corrected chi connectivity index (χ4v) is 8.10. The molecule has 8 nitrogen and oxygen atoms in total. The van der Waals surface area contributed by atoms with E-state index in [2.05, 4.69) is 17.9 Å². The second-order valence-electron chi connectivity index (χ2n) is 9.32. The molecule has 3 aliphatic heterocycles. The van der Waals surface area contributed by atoms with E-state index in [4.69, 9.17) is 12.2 Å². The van der Waals surface area contributed by atoms with Crippen molar-refractivity contribution in [2.75, 3.05) is 29.5 Å². The van der Waals surface area contributed by atoms with Crippen molar-refractivity contribution in [3.05, 3.63) is 31.9 Å². The van der Waals surface area contributed by atoms with Gasteiger partial charge in [0.1, 0.15) is 21.8 Å². The SMILES string of the molecule is CCCCn1c(N2CCCCC2)c(C=C2SC(=S)N(C3CCS(=O)(=O)C3)C2=O)c(C)c(C#N)c1=O. The van der Waals surface area contributed by atoms with E-state index < -0.39 is 15.9 Å². The smallest absolute Gasteiger partial charge is 0.270 e. The predicted octanol–water partition coefficient (Wildman–Crippen LogP) is 3.21. The Morgan fingerprint density at radius 2 is 1.94 bits per heavy atom. The number of carbonyl (C=O) groups excluding carboxylic acids is 1. The topological polar surface area (TPSA) is 103 Å². The minimum absolute atomic E-state index is 0.0555. The molecule has 1 aromatic rings. The zero-order chi connectivity index (χ0) is 25.3. The first-order valence-electron chi connectivity index (χ1n) is 12.1. The number of aromatic nitrogens is 1. The summed E-state index contributed by atoms with van der Waals surface area (Å²) in [6.45, 7) is 5.92. The van der Waals surface area contributed by atoms with Crippen molar-refractivity contribution >= 4 is 55.9 Å². The number of sulfone groups is 1. The molecular weight excluding hydrogens is 504 g/mol. The summed E-state index contributed by atoms with van der Waals surface area (Å²) < 4.78 is 26.1. The standard InChI is InChI=1S/C24H30N4O4S3/c1-3-4-11-27-21(26-9-6-5-7-10-26)18(16(2)19(14-25)22(27)29)13-20-23(30)28(24(33)34-20)17-8-12-35(31,32)15-17/h13,17H,3-12,15H2,1-2H3. The van der Waals surface area contributed by atoms with Crippen LogP contribution in [0.25, 0.3) is 6.08 Å². The lowest BCUT2D eigenvalue weighted by atomic mass is 10.0.